The Morgan fingerprint density at radius 3 is 2.44 bits per heavy atom. The van der Waals surface area contributed by atoms with Crippen LogP contribution in [-0.2, 0) is 0 Å². The number of nitrogens with one attached hydrogen (secondary N) is 1. The maximum absolute atomic E-state index is 10.6. The van der Waals surface area contributed by atoms with Crippen LogP contribution in [0.1, 0.15) is 38.5 Å². The first-order valence-electron chi connectivity index (χ1n) is 6.37. The smallest absolute Gasteiger partial charge is 0.271 e. The van der Waals surface area contributed by atoms with E-state index in [1.165, 1.54) is 37.8 Å². The molecule has 0 saturated heterocycles. The third-order valence-electron chi connectivity index (χ3n) is 3.38. The van der Waals surface area contributed by atoms with Gasteiger partial charge in [-0.1, -0.05) is 37.3 Å². The van der Waals surface area contributed by atoms with Crippen LogP contribution in [-0.4, -0.2) is 11.0 Å². The summed E-state index contributed by atoms with van der Waals surface area (Å²) >= 11 is 6.07. The monoisotopic (exact) mass is 268 g/mol. The SMILES string of the molecule is O=[N+]([O-])c1ccc(NC2CCCCCC2)c(Cl)c1. The molecule has 0 unspecified atom stereocenters. The molecule has 1 aliphatic carbocycles. The lowest BCUT2D eigenvalue weighted by Crippen LogP contribution is -2.18. The van der Waals surface area contributed by atoms with Crippen LogP contribution in [0, 0.1) is 10.1 Å². The number of nitro groups is 1. The normalized spacial score (nSPS) is 17.2. The Morgan fingerprint density at radius 2 is 1.89 bits per heavy atom. The summed E-state index contributed by atoms with van der Waals surface area (Å²) in [6, 6.07) is 5.03. The Kier molecular flexibility index (Phi) is 4.42. The van der Waals surface area contributed by atoms with E-state index in [2.05, 4.69) is 5.32 Å². The van der Waals surface area contributed by atoms with Gasteiger partial charge in [-0.25, -0.2) is 0 Å². The first-order chi connectivity index (χ1) is 8.66. The van der Waals surface area contributed by atoms with Crippen LogP contribution in [0.3, 0.4) is 0 Å². The second-order valence-electron chi connectivity index (χ2n) is 4.75. The van der Waals surface area contributed by atoms with Gasteiger partial charge in [-0.3, -0.25) is 10.1 Å². The summed E-state index contributed by atoms with van der Waals surface area (Å²) in [7, 11) is 0. The third-order valence-corrected chi connectivity index (χ3v) is 3.69. The molecule has 1 aromatic carbocycles. The second kappa shape index (κ2) is 6.05. The number of hydrogen-bond acceptors (Lipinski definition) is 3. The van der Waals surface area contributed by atoms with Crippen LogP contribution in [0.2, 0.25) is 5.02 Å². The minimum atomic E-state index is -0.429. The fraction of sp³-hybridized carbons (Fsp3) is 0.538. The molecule has 4 nitrogen and oxygen atoms in total. The van der Waals surface area contributed by atoms with Crippen molar-refractivity contribution in [1.29, 1.82) is 0 Å². The van der Waals surface area contributed by atoms with Crippen molar-refractivity contribution < 1.29 is 4.92 Å². The van der Waals surface area contributed by atoms with E-state index in [4.69, 9.17) is 11.6 Å². The van der Waals surface area contributed by atoms with Crippen molar-refractivity contribution in [2.45, 2.75) is 44.6 Å². The Hall–Kier alpha value is -1.29. The van der Waals surface area contributed by atoms with E-state index in [1.54, 1.807) is 6.07 Å². The standard InChI is InChI=1S/C13H17ClN2O2/c14-12-9-11(16(17)18)7-8-13(12)15-10-5-3-1-2-4-6-10/h7-10,15H,1-6H2. The number of rotatable bonds is 3. The van der Waals surface area contributed by atoms with Gasteiger partial charge < -0.3 is 5.32 Å². The number of benzene rings is 1. The molecule has 2 rings (SSSR count). The van der Waals surface area contributed by atoms with Gasteiger partial charge in [-0.15, -0.1) is 0 Å². The molecular formula is C13H17ClN2O2. The second-order valence-corrected chi connectivity index (χ2v) is 5.16. The number of halogens is 1. The first kappa shape index (κ1) is 13.1. The summed E-state index contributed by atoms with van der Waals surface area (Å²) in [6.45, 7) is 0. The zero-order valence-electron chi connectivity index (χ0n) is 10.2. The van der Waals surface area contributed by atoms with E-state index in [0.717, 1.165) is 18.5 Å². The van der Waals surface area contributed by atoms with Gasteiger partial charge in [0, 0.05) is 18.2 Å². The van der Waals surface area contributed by atoms with Crippen molar-refractivity contribution in [3.05, 3.63) is 33.3 Å². The van der Waals surface area contributed by atoms with Crippen LogP contribution in [0.25, 0.3) is 0 Å². The van der Waals surface area contributed by atoms with Gasteiger partial charge in [0.25, 0.3) is 5.69 Å². The van der Waals surface area contributed by atoms with Crippen molar-refractivity contribution in [2.75, 3.05) is 5.32 Å². The van der Waals surface area contributed by atoms with E-state index in [0.29, 0.717) is 11.1 Å². The van der Waals surface area contributed by atoms with Crippen molar-refractivity contribution in [3.8, 4) is 0 Å². The molecule has 0 aliphatic heterocycles. The lowest BCUT2D eigenvalue weighted by atomic mass is 10.1. The van der Waals surface area contributed by atoms with E-state index in [1.807, 2.05) is 0 Å². The summed E-state index contributed by atoms with van der Waals surface area (Å²) in [5.41, 5.74) is 0.834. The minimum absolute atomic E-state index is 0.0337. The zero-order valence-corrected chi connectivity index (χ0v) is 10.9. The number of nitrogens with zero attached hydrogens (tertiary/aromatic N) is 1. The van der Waals surface area contributed by atoms with Crippen LogP contribution in [0.15, 0.2) is 18.2 Å². The van der Waals surface area contributed by atoms with Crippen LogP contribution >= 0.6 is 11.6 Å². The molecule has 0 bridgehead atoms. The Bertz CT molecular complexity index is 429. The van der Waals surface area contributed by atoms with E-state index < -0.39 is 4.92 Å². The number of nitro benzene ring substituents is 1. The Labute approximate surface area is 111 Å². The van der Waals surface area contributed by atoms with Gasteiger partial charge in [-0.2, -0.15) is 0 Å². The van der Waals surface area contributed by atoms with Crippen molar-refractivity contribution >= 4 is 23.0 Å². The van der Waals surface area contributed by atoms with E-state index in [-0.39, 0.29) is 5.69 Å². The largest absolute Gasteiger partial charge is 0.381 e. The molecule has 0 amide bonds. The predicted molar refractivity (Wildman–Crippen MR) is 73.2 cm³/mol. The summed E-state index contributed by atoms with van der Waals surface area (Å²) in [5.74, 6) is 0. The number of non-ortho nitro benzene ring substituents is 1. The number of hydrogen-bond donors (Lipinski definition) is 1. The highest BCUT2D eigenvalue weighted by molar-refractivity contribution is 6.33. The fourth-order valence-corrected chi connectivity index (χ4v) is 2.61. The predicted octanol–water partition coefficient (Wildman–Crippen LogP) is 4.38. The van der Waals surface area contributed by atoms with Gasteiger partial charge in [0.2, 0.25) is 0 Å². The molecule has 18 heavy (non-hydrogen) atoms. The van der Waals surface area contributed by atoms with Crippen LogP contribution < -0.4 is 5.32 Å². The van der Waals surface area contributed by atoms with Crippen molar-refractivity contribution in [2.24, 2.45) is 0 Å². The van der Waals surface area contributed by atoms with Gasteiger partial charge in [0.1, 0.15) is 0 Å². The minimum Gasteiger partial charge on any atom is -0.381 e. The molecule has 1 N–H and O–H groups in total. The molecule has 0 heterocycles. The molecule has 1 aliphatic rings. The summed E-state index contributed by atoms with van der Waals surface area (Å²) in [6.07, 6.45) is 7.36. The van der Waals surface area contributed by atoms with Crippen LogP contribution in [0.4, 0.5) is 11.4 Å². The Balaban J connectivity index is 2.06. The fourth-order valence-electron chi connectivity index (χ4n) is 2.38. The highest BCUT2D eigenvalue weighted by Crippen LogP contribution is 2.29. The van der Waals surface area contributed by atoms with Gasteiger partial charge in [0.15, 0.2) is 0 Å². The molecular weight excluding hydrogens is 252 g/mol. The molecule has 0 spiro atoms. The average Bonchev–Trinajstić information content (AvgIpc) is 2.60. The molecule has 98 valence electrons. The summed E-state index contributed by atoms with van der Waals surface area (Å²) in [4.78, 5) is 10.2. The highest BCUT2D eigenvalue weighted by Gasteiger charge is 2.15. The van der Waals surface area contributed by atoms with Crippen LogP contribution in [0.5, 0.6) is 0 Å². The zero-order chi connectivity index (χ0) is 13.0. The summed E-state index contributed by atoms with van der Waals surface area (Å²) < 4.78 is 0. The van der Waals surface area contributed by atoms with Crippen molar-refractivity contribution in [3.63, 3.8) is 0 Å². The molecule has 0 radical (unpaired) electrons. The first-order valence-corrected chi connectivity index (χ1v) is 6.75. The molecule has 1 fully saturated rings. The lowest BCUT2D eigenvalue weighted by Gasteiger charge is -2.18. The quantitative estimate of drug-likeness (QED) is 0.503. The topological polar surface area (TPSA) is 55.2 Å². The average molecular weight is 269 g/mol. The molecule has 1 saturated carbocycles. The summed E-state index contributed by atoms with van der Waals surface area (Å²) in [5, 5.41) is 14.5. The molecule has 1 aromatic rings. The van der Waals surface area contributed by atoms with Gasteiger partial charge in [0.05, 0.1) is 15.6 Å². The molecule has 0 atom stereocenters. The van der Waals surface area contributed by atoms with Gasteiger partial charge in [-0.05, 0) is 18.9 Å². The third kappa shape index (κ3) is 3.35. The number of anilines is 1. The van der Waals surface area contributed by atoms with Gasteiger partial charge >= 0.3 is 0 Å². The molecule has 0 aromatic heterocycles. The molecule has 5 heteroatoms. The van der Waals surface area contributed by atoms with E-state index >= 15 is 0 Å². The highest BCUT2D eigenvalue weighted by atomic mass is 35.5. The Morgan fingerprint density at radius 1 is 1.22 bits per heavy atom. The maximum Gasteiger partial charge on any atom is 0.271 e. The van der Waals surface area contributed by atoms with Crippen molar-refractivity contribution in [1.82, 2.24) is 0 Å². The lowest BCUT2D eigenvalue weighted by molar-refractivity contribution is -0.384. The van der Waals surface area contributed by atoms with E-state index in [9.17, 15) is 10.1 Å². The maximum atomic E-state index is 10.6.